The van der Waals surface area contributed by atoms with Crippen molar-refractivity contribution in [1.82, 2.24) is 15.2 Å². The summed E-state index contributed by atoms with van der Waals surface area (Å²) in [6, 6.07) is 0. The van der Waals surface area contributed by atoms with Gasteiger partial charge in [-0.2, -0.15) is 0 Å². The Morgan fingerprint density at radius 1 is 1.35 bits per heavy atom. The van der Waals surface area contributed by atoms with Gasteiger partial charge in [0.05, 0.1) is 10.6 Å². The fraction of sp³-hybridized carbons (Fsp3) is 0.500. The largest absolute Gasteiger partial charge is 0.374 e. The van der Waals surface area contributed by atoms with Gasteiger partial charge in [0.1, 0.15) is 11.1 Å². The minimum atomic E-state index is 0.165. The van der Waals surface area contributed by atoms with E-state index in [1.54, 1.807) is 11.3 Å². The number of anilines is 1. The molecule has 90 valence electrons. The minimum Gasteiger partial charge on any atom is -0.374 e. The van der Waals surface area contributed by atoms with E-state index < -0.39 is 0 Å². The average Bonchev–Trinajstić information content (AvgIpc) is 2.97. The predicted molar refractivity (Wildman–Crippen MR) is 68.1 cm³/mol. The van der Waals surface area contributed by atoms with Gasteiger partial charge in [-0.05, 0) is 19.8 Å². The molecule has 1 unspecified atom stereocenters. The Morgan fingerprint density at radius 2 is 2.24 bits per heavy atom. The van der Waals surface area contributed by atoms with E-state index >= 15 is 0 Å². The van der Waals surface area contributed by atoms with Crippen molar-refractivity contribution in [3.8, 4) is 9.88 Å². The first-order chi connectivity index (χ1) is 8.24. The van der Waals surface area contributed by atoms with Crippen LogP contribution in [0.15, 0.2) is 0 Å². The molecule has 2 N–H and O–H groups in total. The van der Waals surface area contributed by atoms with Crippen LogP contribution in [0, 0.1) is 6.92 Å². The molecule has 5 nitrogen and oxygen atoms in total. The van der Waals surface area contributed by atoms with Crippen molar-refractivity contribution in [2.75, 3.05) is 12.3 Å². The third kappa shape index (κ3) is 2.05. The van der Waals surface area contributed by atoms with E-state index in [9.17, 15) is 0 Å². The lowest BCUT2D eigenvalue weighted by atomic mass is 10.2. The topological polar surface area (TPSA) is 73.9 Å². The molecule has 3 rings (SSSR count). The van der Waals surface area contributed by atoms with Crippen LogP contribution in [0.2, 0.25) is 0 Å². The summed E-state index contributed by atoms with van der Waals surface area (Å²) in [6.45, 7) is 2.83. The molecule has 1 aliphatic heterocycles. The second kappa shape index (κ2) is 4.32. The highest BCUT2D eigenvalue weighted by molar-refractivity contribution is 7.23. The third-order valence-electron chi connectivity index (χ3n) is 2.65. The van der Waals surface area contributed by atoms with E-state index in [1.807, 2.05) is 6.92 Å². The minimum absolute atomic E-state index is 0.165. The molecule has 1 aliphatic rings. The van der Waals surface area contributed by atoms with E-state index in [-0.39, 0.29) is 6.10 Å². The molecule has 2 aromatic heterocycles. The lowest BCUT2D eigenvalue weighted by Crippen LogP contribution is -1.94. The molecule has 0 aromatic carbocycles. The molecule has 0 aliphatic carbocycles. The first-order valence-electron chi connectivity index (χ1n) is 5.42. The monoisotopic (exact) mass is 268 g/mol. The van der Waals surface area contributed by atoms with Crippen LogP contribution in [-0.2, 0) is 4.74 Å². The molecule has 0 bridgehead atoms. The molecule has 3 heterocycles. The maximum Gasteiger partial charge on any atom is 0.203 e. The summed E-state index contributed by atoms with van der Waals surface area (Å²) in [7, 11) is 0. The van der Waals surface area contributed by atoms with Gasteiger partial charge in [-0.25, -0.2) is 4.98 Å². The molecule has 1 saturated heterocycles. The molecular weight excluding hydrogens is 256 g/mol. The van der Waals surface area contributed by atoms with E-state index in [0.29, 0.717) is 5.13 Å². The first-order valence-corrected chi connectivity index (χ1v) is 7.05. The number of nitrogens with two attached hydrogens (primary N) is 1. The van der Waals surface area contributed by atoms with Gasteiger partial charge >= 0.3 is 0 Å². The zero-order chi connectivity index (χ0) is 11.8. The Bertz CT molecular complexity index is 530. The number of nitrogens with zero attached hydrogens (tertiary/aromatic N) is 3. The molecule has 17 heavy (non-hydrogen) atoms. The highest BCUT2D eigenvalue weighted by Crippen LogP contribution is 2.38. The number of thiazole rings is 1. The quantitative estimate of drug-likeness (QED) is 0.905. The average molecular weight is 268 g/mol. The van der Waals surface area contributed by atoms with Crippen molar-refractivity contribution in [1.29, 1.82) is 0 Å². The number of hydrogen-bond donors (Lipinski definition) is 1. The highest BCUT2D eigenvalue weighted by atomic mass is 32.1. The number of aryl methyl sites for hydroxylation is 1. The Kier molecular flexibility index (Phi) is 2.81. The lowest BCUT2D eigenvalue weighted by molar-refractivity contribution is 0.111. The van der Waals surface area contributed by atoms with E-state index in [2.05, 4.69) is 15.2 Å². The highest BCUT2D eigenvalue weighted by Gasteiger charge is 2.23. The second-order valence-corrected chi connectivity index (χ2v) is 5.95. The summed E-state index contributed by atoms with van der Waals surface area (Å²) in [6.07, 6.45) is 2.34. The Hall–Kier alpha value is -1.05. The number of nitrogen functional groups attached to an aromatic ring is 1. The predicted octanol–water partition coefficient (Wildman–Crippen LogP) is 2.40. The Morgan fingerprint density at radius 3 is 2.88 bits per heavy atom. The molecule has 7 heteroatoms. The number of aromatic nitrogens is 3. The van der Waals surface area contributed by atoms with Crippen molar-refractivity contribution >= 4 is 27.8 Å². The van der Waals surface area contributed by atoms with Crippen LogP contribution >= 0.6 is 22.7 Å². The summed E-state index contributed by atoms with van der Waals surface area (Å²) < 4.78 is 5.64. The van der Waals surface area contributed by atoms with Crippen LogP contribution in [-0.4, -0.2) is 21.8 Å². The van der Waals surface area contributed by atoms with E-state index in [0.717, 1.165) is 40.0 Å². The van der Waals surface area contributed by atoms with Crippen molar-refractivity contribution in [2.24, 2.45) is 0 Å². The van der Waals surface area contributed by atoms with Gasteiger partial charge in [0.15, 0.2) is 5.01 Å². The lowest BCUT2D eigenvalue weighted by Gasteiger charge is -2.02. The molecule has 2 aromatic rings. The number of rotatable bonds is 2. The number of hydrogen-bond acceptors (Lipinski definition) is 7. The van der Waals surface area contributed by atoms with Crippen molar-refractivity contribution in [2.45, 2.75) is 25.9 Å². The summed E-state index contributed by atoms with van der Waals surface area (Å²) >= 11 is 3.04. The van der Waals surface area contributed by atoms with Crippen LogP contribution in [0.25, 0.3) is 9.88 Å². The maximum absolute atomic E-state index is 5.64. The summed E-state index contributed by atoms with van der Waals surface area (Å²) in [5, 5.41) is 10.3. The Balaban J connectivity index is 1.95. The normalized spacial score (nSPS) is 19.9. The van der Waals surface area contributed by atoms with Crippen LogP contribution in [0.3, 0.4) is 0 Å². The van der Waals surface area contributed by atoms with Crippen LogP contribution in [0.5, 0.6) is 0 Å². The van der Waals surface area contributed by atoms with Gasteiger partial charge in [0.2, 0.25) is 5.13 Å². The smallest absolute Gasteiger partial charge is 0.203 e. The van der Waals surface area contributed by atoms with Crippen LogP contribution < -0.4 is 5.73 Å². The van der Waals surface area contributed by atoms with E-state index in [1.165, 1.54) is 11.3 Å². The summed E-state index contributed by atoms with van der Waals surface area (Å²) in [4.78, 5) is 5.63. The fourth-order valence-corrected chi connectivity index (χ4v) is 3.73. The molecule has 0 amide bonds. The summed E-state index contributed by atoms with van der Waals surface area (Å²) in [5.41, 5.74) is 6.58. The SMILES string of the molecule is Cc1nc(C2CCCO2)sc1-c1nnc(N)s1. The molecule has 0 spiro atoms. The molecule has 1 fully saturated rings. The van der Waals surface area contributed by atoms with Crippen molar-refractivity contribution in [3.63, 3.8) is 0 Å². The maximum atomic E-state index is 5.64. The van der Waals surface area contributed by atoms with Gasteiger partial charge in [0, 0.05) is 6.61 Å². The standard InChI is InChI=1S/C10H12N4OS2/c1-5-7(9-13-14-10(11)17-9)16-8(12-5)6-3-2-4-15-6/h6H,2-4H2,1H3,(H2,11,14). The molecule has 0 saturated carbocycles. The van der Waals surface area contributed by atoms with Gasteiger partial charge in [0.25, 0.3) is 0 Å². The van der Waals surface area contributed by atoms with Crippen molar-refractivity contribution in [3.05, 3.63) is 10.7 Å². The third-order valence-corrected chi connectivity index (χ3v) is 4.81. The van der Waals surface area contributed by atoms with Crippen molar-refractivity contribution < 1.29 is 4.74 Å². The zero-order valence-electron chi connectivity index (χ0n) is 9.34. The van der Waals surface area contributed by atoms with Gasteiger partial charge < -0.3 is 10.5 Å². The number of ether oxygens (including phenoxy) is 1. The van der Waals surface area contributed by atoms with Gasteiger partial charge in [-0.15, -0.1) is 21.5 Å². The Labute approximate surface area is 107 Å². The molecule has 1 atom stereocenters. The van der Waals surface area contributed by atoms with E-state index in [4.69, 9.17) is 10.5 Å². The zero-order valence-corrected chi connectivity index (χ0v) is 11.0. The van der Waals surface area contributed by atoms with Crippen LogP contribution in [0.1, 0.15) is 29.6 Å². The molecule has 0 radical (unpaired) electrons. The second-order valence-electron chi connectivity index (χ2n) is 3.91. The van der Waals surface area contributed by atoms with Gasteiger partial charge in [-0.3, -0.25) is 0 Å². The summed E-state index contributed by atoms with van der Waals surface area (Å²) in [5.74, 6) is 0. The van der Waals surface area contributed by atoms with Crippen LogP contribution in [0.4, 0.5) is 5.13 Å². The molecular formula is C10H12N4OS2. The van der Waals surface area contributed by atoms with Gasteiger partial charge in [-0.1, -0.05) is 11.3 Å². The fourth-order valence-electron chi connectivity index (χ4n) is 1.85. The first kappa shape index (κ1) is 11.1.